The van der Waals surface area contributed by atoms with Crippen molar-refractivity contribution >= 4 is 27.6 Å². The number of hydrogen-bond donors (Lipinski definition) is 3. The lowest BCUT2D eigenvalue weighted by atomic mass is 10.1. The number of benzene rings is 2. The number of carbonyl (C=O) groups is 1. The summed E-state index contributed by atoms with van der Waals surface area (Å²) >= 11 is 3.56. The van der Waals surface area contributed by atoms with Gasteiger partial charge >= 0.3 is 6.03 Å². The Hall–Kier alpha value is -2.25. The molecule has 134 valence electrons. The van der Waals surface area contributed by atoms with Crippen molar-refractivity contribution in [2.75, 3.05) is 19.5 Å². The summed E-state index contributed by atoms with van der Waals surface area (Å²) < 4.78 is 11.6. The molecule has 0 heterocycles. The molecule has 2 amide bonds. The van der Waals surface area contributed by atoms with Gasteiger partial charge in [0.2, 0.25) is 0 Å². The smallest absolute Gasteiger partial charge is 0.316 e. The molecule has 2 rings (SSSR count). The summed E-state index contributed by atoms with van der Waals surface area (Å²) in [4.78, 5) is 10.9. The van der Waals surface area contributed by atoms with Crippen molar-refractivity contribution in [2.24, 2.45) is 5.73 Å². The van der Waals surface area contributed by atoms with E-state index in [4.69, 9.17) is 15.2 Å². The number of carbonyl (C=O) groups excluding carboxylic acids is 1. The topological polar surface area (TPSA) is 85.6 Å². The minimum Gasteiger partial charge on any atom is -0.493 e. The number of nitrogens with two attached hydrogens (primary N) is 1. The van der Waals surface area contributed by atoms with Gasteiger partial charge in [0, 0.05) is 22.7 Å². The molecule has 2 aromatic rings. The summed E-state index contributed by atoms with van der Waals surface area (Å²) in [6.45, 7) is 2.73. The van der Waals surface area contributed by atoms with E-state index in [9.17, 15) is 4.79 Å². The SMILES string of the molecule is COc1cc(Br)c(CNC(C)c2ccc(NC(N)=O)cc2)cc1OC. The fourth-order valence-corrected chi connectivity index (χ4v) is 2.87. The molecule has 4 N–H and O–H groups in total. The average molecular weight is 408 g/mol. The number of halogens is 1. The van der Waals surface area contributed by atoms with Crippen molar-refractivity contribution in [1.29, 1.82) is 0 Å². The molecule has 0 aromatic heterocycles. The van der Waals surface area contributed by atoms with Gasteiger partial charge in [-0.05, 0) is 42.3 Å². The molecule has 0 aliphatic rings. The lowest BCUT2D eigenvalue weighted by Gasteiger charge is -2.17. The molecule has 0 saturated heterocycles. The largest absolute Gasteiger partial charge is 0.493 e. The average Bonchev–Trinajstić information content (AvgIpc) is 2.60. The molecule has 0 aliphatic heterocycles. The lowest BCUT2D eigenvalue weighted by Crippen LogP contribution is -2.20. The van der Waals surface area contributed by atoms with E-state index in [-0.39, 0.29) is 6.04 Å². The molecule has 0 fully saturated rings. The van der Waals surface area contributed by atoms with Crippen molar-refractivity contribution in [1.82, 2.24) is 5.32 Å². The Morgan fingerprint density at radius 3 is 2.32 bits per heavy atom. The molecule has 0 spiro atoms. The molecule has 0 bridgehead atoms. The van der Waals surface area contributed by atoms with Crippen LogP contribution < -0.4 is 25.8 Å². The summed E-state index contributed by atoms with van der Waals surface area (Å²) in [5.41, 5.74) is 7.95. The molecule has 2 aromatic carbocycles. The third-order valence-electron chi connectivity index (χ3n) is 3.83. The van der Waals surface area contributed by atoms with Gasteiger partial charge in [-0.15, -0.1) is 0 Å². The molecule has 0 saturated carbocycles. The van der Waals surface area contributed by atoms with Gasteiger partial charge in [0.05, 0.1) is 14.2 Å². The number of hydrogen-bond acceptors (Lipinski definition) is 4. The van der Waals surface area contributed by atoms with Crippen molar-refractivity contribution in [3.63, 3.8) is 0 Å². The summed E-state index contributed by atoms with van der Waals surface area (Å²) in [5.74, 6) is 1.38. The number of primary amides is 1. The number of anilines is 1. The zero-order valence-electron chi connectivity index (χ0n) is 14.4. The van der Waals surface area contributed by atoms with Gasteiger partial charge in [-0.1, -0.05) is 28.1 Å². The Labute approximate surface area is 155 Å². The van der Waals surface area contributed by atoms with Crippen LogP contribution in [0.4, 0.5) is 10.5 Å². The van der Waals surface area contributed by atoms with Gasteiger partial charge in [-0.3, -0.25) is 0 Å². The van der Waals surface area contributed by atoms with Crippen molar-refractivity contribution in [3.05, 3.63) is 52.0 Å². The second-order valence-corrected chi connectivity index (χ2v) is 6.37. The highest BCUT2D eigenvalue weighted by atomic mass is 79.9. The first-order chi connectivity index (χ1) is 11.9. The van der Waals surface area contributed by atoms with Crippen LogP contribution in [0.5, 0.6) is 11.5 Å². The van der Waals surface area contributed by atoms with E-state index in [0.717, 1.165) is 15.6 Å². The minimum atomic E-state index is -0.572. The predicted octanol–water partition coefficient (Wildman–Crippen LogP) is 3.81. The van der Waals surface area contributed by atoms with Gasteiger partial charge in [0.15, 0.2) is 11.5 Å². The Morgan fingerprint density at radius 2 is 1.76 bits per heavy atom. The first-order valence-electron chi connectivity index (χ1n) is 7.74. The Kier molecular flexibility index (Phi) is 6.66. The molecule has 25 heavy (non-hydrogen) atoms. The van der Waals surface area contributed by atoms with Crippen molar-refractivity contribution in [3.8, 4) is 11.5 Å². The summed E-state index contributed by atoms with van der Waals surface area (Å²) in [6.07, 6.45) is 0. The monoisotopic (exact) mass is 407 g/mol. The number of methoxy groups -OCH3 is 2. The lowest BCUT2D eigenvalue weighted by molar-refractivity contribution is 0.259. The molecule has 7 heteroatoms. The van der Waals surface area contributed by atoms with E-state index >= 15 is 0 Å². The fraction of sp³-hybridized carbons (Fsp3) is 0.278. The maximum Gasteiger partial charge on any atom is 0.316 e. The number of amides is 2. The van der Waals surface area contributed by atoms with Gasteiger partial charge in [-0.25, -0.2) is 4.79 Å². The van der Waals surface area contributed by atoms with Gasteiger partial charge in [0.25, 0.3) is 0 Å². The summed E-state index contributed by atoms with van der Waals surface area (Å²) in [7, 11) is 3.23. The maximum atomic E-state index is 10.9. The van der Waals surface area contributed by atoms with Crippen molar-refractivity contribution in [2.45, 2.75) is 19.5 Å². The van der Waals surface area contributed by atoms with Crippen LogP contribution in [-0.2, 0) is 6.54 Å². The van der Waals surface area contributed by atoms with E-state index < -0.39 is 6.03 Å². The molecule has 1 unspecified atom stereocenters. The number of urea groups is 1. The highest BCUT2D eigenvalue weighted by Gasteiger charge is 2.11. The first-order valence-corrected chi connectivity index (χ1v) is 8.54. The molecular formula is C18H22BrN3O3. The van der Waals surface area contributed by atoms with E-state index in [2.05, 4.69) is 33.5 Å². The molecule has 0 radical (unpaired) electrons. The van der Waals surface area contributed by atoms with Gasteiger partial charge < -0.3 is 25.8 Å². The highest BCUT2D eigenvalue weighted by Crippen LogP contribution is 2.33. The van der Waals surface area contributed by atoms with Crippen LogP contribution in [0.25, 0.3) is 0 Å². The van der Waals surface area contributed by atoms with Crippen LogP contribution in [0.15, 0.2) is 40.9 Å². The van der Waals surface area contributed by atoms with Gasteiger partial charge in [-0.2, -0.15) is 0 Å². The normalized spacial score (nSPS) is 11.7. The second kappa shape index (κ2) is 8.73. The standard InChI is InChI=1S/C18H22BrN3O3/c1-11(12-4-6-14(7-5-12)22-18(20)23)21-10-13-8-16(24-2)17(25-3)9-15(13)19/h4-9,11,21H,10H2,1-3H3,(H3,20,22,23). The Balaban J connectivity index is 2.04. The molecular weight excluding hydrogens is 386 g/mol. The van der Waals surface area contributed by atoms with Crippen LogP contribution in [0, 0.1) is 0 Å². The van der Waals surface area contributed by atoms with Crippen molar-refractivity contribution < 1.29 is 14.3 Å². The third kappa shape index (κ3) is 5.11. The van der Waals surface area contributed by atoms with E-state index in [1.54, 1.807) is 14.2 Å². The zero-order valence-corrected chi connectivity index (χ0v) is 16.0. The van der Waals surface area contributed by atoms with E-state index in [1.165, 1.54) is 0 Å². The van der Waals surface area contributed by atoms with Crippen LogP contribution >= 0.6 is 15.9 Å². The summed E-state index contributed by atoms with van der Waals surface area (Å²) in [5, 5.41) is 6.01. The van der Waals surface area contributed by atoms with Crippen LogP contribution in [-0.4, -0.2) is 20.3 Å². The zero-order chi connectivity index (χ0) is 18.4. The number of nitrogens with one attached hydrogen (secondary N) is 2. The van der Waals surface area contributed by atoms with Gasteiger partial charge in [0.1, 0.15) is 0 Å². The van der Waals surface area contributed by atoms with Crippen LogP contribution in [0.3, 0.4) is 0 Å². The highest BCUT2D eigenvalue weighted by molar-refractivity contribution is 9.10. The number of rotatable bonds is 7. The third-order valence-corrected chi connectivity index (χ3v) is 4.57. The molecule has 6 nitrogen and oxygen atoms in total. The minimum absolute atomic E-state index is 0.127. The van der Waals surface area contributed by atoms with E-state index in [1.807, 2.05) is 36.4 Å². The van der Waals surface area contributed by atoms with E-state index in [0.29, 0.717) is 23.7 Å². The maximum absolute atomic E-state index is 10.9. The molecule has 0 aliphatic carbocycles. The second-order valence-electron chi connectivity index (χ2n) is 5.51. The predicted molar refractivity (Wildman–Crippen MR) is 102 cm³/mol. The molecule has 1 atom stereocenters. The van der Waals surface area contributed by atoms with Crippen LogP contribution in [0.1, 0.15) is 24.1 Å². The van der Waals surface area contributed by atoms with Crippen LogP contribution in [0.2, 0.25) is 0 Å². The first kappa shape index (κ1) is 19.1. The quantitative estimate of drug-likeness (QED) is 0.651. The number of ether oxygens (including phenoxy) is 2. The Bertz CT molecular complexity index is 735. The fourth-order valence-electron chi connectivity index (χ4n) is 2.41. The Morgan fingerprint density at radius 1 is 1.16 bits per heavy atom. The summed E-state index contributed by atoms with van der Waals surface area (Å²) in [6, 6.07) is 10.9.